The monoisotopic (exact) mass is 271 g/mol. The number of rotatable bonds is 1. The maximum atomic E-state index is 11.7. The molecule has 2 N–H and O–H groups in total. The molecule has 1 atom stereocenters. The van der Waals surface area contributed by atoms with Crippen molar-refractivity contribution in [1.29, 1.82) is 0 Å². The van der Waals surface area contributed by atoms with Crippen LogP contribution in [0.3, 0.4) is 0 Å². The summed E-state index contributed by atoms with van der Waals surface area (Å²) in [6.07, 6.45) is 3.10. The lowest BCUT2D eigenvalue weighted by Gasteiger charge is -2.18. The predicted octanol–water partition coefficient (Wildman–Crippen LogP) is 0.224. The van der Waals surface area contributed by atoms with E-state index in [1.807, 2.05) is 6.92 Å². The third kappa shape index (κ3) is 2.41. The van der Waals surface area contributed by atoms with Crippen molar-refractivity contribution in [3.05, 3.63) is 16.2 Å². The van der Waals surface area contributed by atoms with Gasteiger partial charge in [0.1, 0.15) is 6.61 Å². The maximum absolute atomic E-state index is 11.7. The van der Waals surface area contributed by atoms with Crippen molar-refractivity contribution in [3.63, 3.8) is 0 Å². The third-order valence-electron chi connectivity index (χ3n) is 2.89. The maximum Gasteiger partial charge on any atom is 0.219 e. The zero-order valence-corrected chi connectivity index (χ0v) is 11.5. The zero-order chi connectivity index (χ0) is 13.5. The van der Waals surface area contributed by atoms with E-state index in [9.17, 15) is 8.42 Å². The van der Waals surface area contributed by atoms with E-state index in [2.05, 4.69) is 5.10 Å². The van der Waals surface area contributed by atoms with Gasteiger partial charge in [0.25, 0.3) is 0 Å². The average Bonchev–Trinajstić information content (AvgIpc) is 2.45. The van der Waals surface area contributed by atoms with Gasteiger partial charge in [-0.25, -0.2) is 13.1 Å². The van der Waals surface area contributed by atoms with Gasteiger partial charge >= 0.3 is 0 Å². The average molecular weight is 271 g/mol. The van der Waals surface area contributed by atoms with Gasteiger partial charge in [-0.15, -0.1) is 0 Å². The van der Waals surface area contributed by atoms with Gasteiger partial charge in [0, 0.05) is 30.7 Å². The fraction of sp³-hybridized carbons (Fsp3) is 0.545. The number of aryl methyl sites for hydroxylation is 2. The molecule has 2 heterocycles. The number of nitrogens with zero attached hydrogens (tertiary/aromatic N) is 2. The van der Waals surface area contributed by atoms with Crippen LogP contribution < -0.4 is 10.5 Å². The van der Waals surface area contributed by atoms with Crippen molar-refractivity contribution in [2.75, 3.05) is 12.9 Å². The van der Waals surface area contributed by atoms with Crippen molar-refractivity contribution >= 4 is 15.9 Å². The van der Waals surface area contributed by atoms with Crippen LogP contribution in [0.1, 0.15) is 17.7 Å². The van der Waals surface area contributed by atoms with Crippen LogP contribution in [-0.4, -0.2) is 37.1 Å². The molecule has 1 unspecified atom stereocenters. The summed E-state index contributed by atoms with van der Waals surface area (Å²) in [6.45, 7) is 2.10. The summed E-state index contributed by atoms with van der Waals surface area (Å²) in [5, 5.41) is 4.23. The summed E-state index contributed by atoms with van der Waals surface area (Å²) >= 11 is 0. The number of fused-ring (bicyclic) bond motifs is 1. The second-order valence-electron chi connectivity index (χ2n) is 4.59. The molecule has 0 saturated heterocycles. The minimum Gasteiger partial charge on any atom is -0.476 e. The fourth-order valence-electron chi connectivity index (χ4n) is 1.97. The lowest BCUT2D eigenvalue weighted by molar-refractivity contribution is 0.263. The van der Waals surface area contributed by atoms with Crippen LogP contribution in [0.5, 0.6) is 5.88 Å². The summed E-state index contributed by atoms with van der Waals surface area (Å²) in [5.74, 6) is 0.559. The normalized spacial score (nSPS) is 20.4. The minimum absolute atomic E-state index is 0.277. The Labute approximate surface area is 106 Å². The van der Waals surface area contributed by atoms with Crippen molar-refractivity contribution in [3.8, 4) is 5.88 Å². The lowest BCUT2D eigenvalue weighted by atomic mass is 10.1. The molecule has 100 valence electrons. The number of hydrogen-bond donors (Lipinski definition) is 1. The highest BCUT2D eigenvalue weighted by Crippen LogP contribution is 2.29. The van der Waals surface area contributed by atoms with Gasteiger partial charge in [-0.3, -0.25) is 0 Å². The molecular weight excluding hydrogens is 254 g/mol. The predicted molar refractivity (Wildman–Crippen MR) is 68.9 cm³/mol. The van der Waals surface area contributed by atoms with E-state index in [0.29, 0.717) is 16.3 Å². The summed E-state index contributed by atoms with van der Waals surface area (Å²) in [4.78, 5) is 0.329. The molecule has 1 aromatic rings. The van der Waals surface area contributed by atoms with E-state index >= 15 is 0 Å². The second kappa shape index (κ2) is 4.40. The summed E-state index contributed by atoms with van der Waals surface area (Å²) in [6, 6.07) is -0.339. The smallest absolute Gasteiger partial charge is 0.219 e. The van der Waals surface area contributed by atoms with Gasteiger partial charge < -0.3 is 10.5 Å². The van der Waals surface area contributed by atoms with Crippen LogP contribution in [0.2, 0.25) is 0 Å². The minimum atomic E-state index is -3.26. The Balaban J connectivity index is 2.62. The molecule has 2 rings (SSSR count). The number of aromatic nitrogens is 2. The van der Waals surface area contributed by atoms with Crippen molar-refractivity contribution in [1.82, 2.24) is 9.78 Å². The number of ether oxygens (including phenoxy) is 1. The third-order valence-corrected chi connectivity index (χ3v) is 4.13. The van der Waals surface area contributed by atoms with Gasteiger partial charge in [-0.1, -0.05) is 0 Å². The number of hydrogen-bond acceptors (Lipinski definition) is 5. The zero-order valence-electron chi connectivity index (χ0n) is 10.7. The summed E-state index contributed by atoms with van der Waals surface area (Å²) in [7, 11) is -1.50. The highest BCUT2D eigenvalue weighted by molar-refractivity contribution is 7.94. The van der Waals surface area contributed by atoms with E-state index in [0.717, 1.165) is 5.69 Å². The highest BCUT2D eigenvalue weighted by Gasteiger charge is 2.23. The molecule has 0 spiro atoms. The first kappa shape index (κ1) is 13.1. The first-order valence-corrected chi connectivity index (χ1v) is 7.51. The molecule has 0 aromatic carbocycles. The van der Waals surface area contributed by atoms with Crippen LogP contribution in [0.25, 0.3) is 6.08 Å². The molecule has 0 saturated carbocycles. The Bertz CT molecular complexity index is 601. The van der Waals surface area contributed by atoms with Crippen molar-refractivity contribution < 1.29 is 13.2 Å². The van der Waals surface area contributed by atoms with Crippen LogP contribution in [0.15, 0.2) is 4.91 Å². The van der Waals surface area contributed by atoms with Gasteiger partial charge in [0.2, 0.25) is 5.88 Å². The Morgan fingerprint density at radius 2 is 2.22 bits per heavy atom. The van der Waals surface area contributed by atoms with Crippen LogP contribution in [-0.2, 0) is 16.9 Å². The molecule has 1 aromatic heterocycles. The first-order valence-electron chi connectivity index (χ1n) is 5.61. The van der Waals surface area contributed by atoms with Crippen molar-refractivity contribution in [2.24, 2.45) is 12.8 Å². The molecule has 0 bridgehead atoms. The molecule has 0 fully saturated rings. The molecule has 7 heteroatoms. The standard InChI is InChI=1S/C11H17N3O3S/c1-7-10-5-9(18(3,15)16)4-8(12)6-17-11(10)14(2)13-7/h5,8H,4,6,12H2,1-3H3. The summed E-state index contributed by atoms with van der Waals surface area (Å²) < 4.78 is 30.7. The molecule has 0 aliphatic carbocycles. The quantitative estimate of drug-likeness (QED) is 0.789. The van der Waals surface area contributed by atoms with Crippen LogP contribution in [0.4, 0.5) is 0 Å². The van der Waals surface area contributed by atoms with Crippen LogP contribution in [0, 0.1) is 6.92 Å². The number of sulfone groups is 1. The van der Waals surface area contributed by atoms with E-state index in [1.54, 1.807) is 17.8 Å². The second-order valence-corrected chi connectivity index (χ2v) is 6.65. The Morgan fingerprint density at radius 1 is 1.56 bits per heavy atom. The van der Waals surface area contributed by atoms with E-state index in [1.165, 1.54) is 6.26 Å². The SMILES string of the molecule is Cc1nn(C)c2c1C=C(S(C)(=O)=O)CC(N)CO2. The Kier molecular flexibility index (Phi) is 3.20. The molecule has 0 amide bonds. The van der Waals surface area contributed by atoms with E-state index < -0.39 is 9.84 Å². The molecule has 0 radical (unpaired) electrons. The van der Waals surface area contributed by atoms with Gasteiger partial charge in [0.15, 0.2) is 9.84 Å². The molecule has 18 heavy (non-hydrogen) atoms. The topological polar surface area (TPSA) is 87.2 Å². The molecule has 1 aliphatic heterocycles. The summed E-state index contributed by atoms with van der Waals surface area (Å²) in [5.41, 5.74) is 7.30. The number of nitrogens with two attached hydrogens (primary N) is 1. The highest BCUT2D eigenvalue weighted by atomic mass is 32.2. The fourth-order valence-corrected chi connectivity index (χ4v) is 2.82. The van der Waals surface area contributed by atoms with Gasteiger partial charge in [-0.05, 0) is 13.0 Å². The van der Waals surface area contributed by atoms with E-state index in [4.69, 9.17) is 10.5 Å². The van der Waals surface area contributed by atoms with Crippen molar-refractivity contribution in [2.45, 2.75) is 19.4 Å². The largest absolute Gasteiger partial charge is 0.476 e. The lowest BCUT2D eigenvalue weighted by Crippen LogP contribution is -2.30. The molecule has 1 aliphatic rings. The molecular formula is C11H17N3O3S. The Morgan fingerprint density at radius 3 is 2.83 bits per heavy atom. The Hall–Kier alpha value is -1.34. The first-order chi connectivity index (χ1) is 8.29. The molecule has 6 nitrogen and oxygen atoms in total. The van der Waals surface area contributed by atoms with E-state index in [-0.39, 0.29) is 19.1 Å². The van der Waals surface area contributed by atoms with Gasteiger partial charge in [0.05, 0.1) is 11.3 Å². The van der Waals surface area contributed by atoms with Gasteiger partial charge in [-0.2, -0.15) is 5.10 Å². The van der Waals surface area contributed by atoms with Crippen LogP contribution >= 0.6 is 0 Å².